The van der Waals surface area contributed by atoms with E-state index in [2.05, 4.69) is 33.1 Å². The number of rotatable bonds is 7. The molecule has 1 saturated carbocycles. The second-order valence-electron chi connectivity index (χ2n) is 5.22. The minimum atomic E-state index is 0.748. The summed E-state index contributed by atoms with van der Waals surface area (Å²) >= 11 is 1.77. The predicted octanol–water partition coefficient (Wildman–Crippen LogP) is 3.23. The van der Waals surface area contributed by atoms with Crippen molar-refractivity contribution in [1.29, 1.82) is 0 Å². The summed E-state index contributed by atoms with van der Waals surface area (Å²) in [6.45, 7) is 2.83. The van der Waals surface area contributed by atoms with Gasteiger partial charge in [-0.1, -0.05) is 0 Å². The molecular weight excluding hydrogens is 256 g/mol. The number of hydrogen-bond acceptors (Lipinski definition) is 4. The smallest absolute Gasteiger partial charge is 0.118 e. The highest BCUT2D eigenvalue weighted by molar-refractivity contribution is 7.07. The van der Waals surface area contributed by atoms with Crippen LogP contribution >= 0.6 is 11.3 Å². The van der Waals surface area contributed by atoms with Crippen LogP contribution < -0.4 is 5.32 Å². The van der Waals surface area contributed by atoms with Gasteiger partial charge in [-0.2, -0.15) is 11.3 Å². The quantitative estimate of drug-likeness (QED) is 0.841. The Morgan fingerprint density at radius 2 is 2.26 bits per heavy atom. The summed E-state index contributed by atoms with van der Waals surface area (Å²) in [4.78, 5) is 2.53. The van der Waals surface area contributed by atoms with Crippen molar-refractivity contribution in [2.75, 3.05) is 7.05 Å². The summed E-state index contributed by atoms with van der Waals surface area (Å²) in [5.74, 6) is 1.08. The van der Waals surface area contributed by atoms with Crippen LogP contribution in [0.1, 0.15) is 29.7 Å². The first kappa shape index (κ1) is 12.9. The van der Waals surface area contributed by atoms with Crippen LogP contribution in [-0.2, 0) is 19.6 Å². The molecule has 2 heterocycles. The average molecular weight is 276 g/mol. The molecule has 4 heteroatoms. The topological polar surface area (TPSA) is 28.4 Å². The summed E-state index contributed by atoms with van der Waals surface area (Å²) in [5.41, 5.74) is 2.64. The molecule has 0 aliphatic heterocycles. The largest absolute Gasteiger partial charge is 0.468 e. The van der Waals surface area contributed by atoms with E-state index in [0.717, 1.165) is 31.4 Å². The molecule has 0 radical (unpaired) electrons. The van der Waals surface area contributed by atoms with Gasteiger partial charge in [0, 0.05) is 24.7 Å². The molecule has 102 valence electrons. The van der Waals surface area contributed by atoms with Crippen molar-refractivity contribution in [3.8, 4) is 0 Å². The number of thiophene rings is 1. The Hall–Kier alpha value is -1.10. The monoisotopic (exact) mass is 276 g/mol. The summed E-state index contributed by atoms with van der Waals surface area (Å²) in [5, 5.41) is 7.54. The molecule has 0 saturated heterocycles. The van der Waals surface area contributed by atoms with E-state index in [1.165, 1.54) is 24.0 Å². The van der Waals surface area contributed by atoms with Crippen LogP contribution in [-0.4, -0.2) is 18.0 Å². The van der Waals surface area contributed by atoms with Crippen LogP contribution in [0.2, 0.25) is 0 Å². The van der Waals surface area contributed by atoms with E-state index >= 15 is 0 Å². The lowest BCUT2D eigenvalue weighted by Crippen LogP contribution is -2.24. The van der Waals surface area contributed by atoms with E-state index in [1.54, 1.807) is 11.3 Å². The van der Waals surface area contributed by atoms with Gasteiger partial charge in [0.1, 0.15) is 5.76 Å². The van der Waals surface area contributed by atoms with E-state index in [1.807, 2.05) is 13.3 Å². The van der Waals surface area contributed by atoms with Gasteiger partial charge < -0.3 is 9.73 Å². The molecule has 1 aliphatic rings. The van der Waals surface area contributed by atoms with Gasteiger partial charge in [-0.3, -0.25) is 4.90 Å². The van der Waals surface area contributed by atoms with Gasteiger partial charge in [0.25, 0.3) is 0 Å². The molecule has 19 heavy (non-hydrogen) atoms. The van der Waals surface area contributed by atoms with E-state index in [0.29, 0.717) is 0 Å². The highest BCUT2D eigenvalue weighted by atomic mass is 32.1. The molecule has 2 aromatic rings. The van der Waals surface area contributed by atoms with Crippen LogP contribution in [0.25, 0.3) is 0 Å². The molecular formula is C15H20N2OS. The van der Waals surface area contributed by atoms with Gasteiger partial charge in [0.15, 0.2) is 0 Å². The minimum absolute atomic E-state index is 0.748. The first-order chi connectivity index (χ1) is 9.35. The molecule has 0 atom stereocenters. The van der Waals surface area contributed by atoms with Crippen LogP contribution in [0.15, 0.2) is 33.6 Å². The SMILES string of the molecule is CNCc1coc(CN(Cc2ccsc2)C2CC2)c1. The first-order valence-electron chi connectivity index (χ1n) is 6.81. The maximum Gasteiger partial charge on any atom is 0.118 e. The lowest BCUT2D eigenvalue weighted by molar-refractivity contribution is 0.225. The Labute approximate surface area is 118 Å². The number of nitrogens with zero attached hydrogens (tertiary/aromatic N) is 1. The van der Waals surface area contributed by atoms with E-state index in [4.69, 9.17) is 4.42 Å². The van der Waals surface area contributed by atoms with Gasteiger partial charge in [-0.05, 0) is 48.3 Å². The lowest BCUT2D eigenvalue weighted by atomic mass is 10.2. The van der Waals surface area contributed by atoms with Crippen LogP contribution in [0, 0.1) is 0 Å². The molecule has 1 N–H and O–H groups in total. The fourth-order valence-corrected chi connectivity index (χ4v) is 3.04. The molecule has 1 fully saturated rings. The zero-order chi connectivity index (χ0) is 13.1. The second-order valence-corrected chi connectivity index (χ2v) is 6.00. The normalized spacial score (nSPS) is 15.3. The summed E-state index contributed by atoms with van der Waals surface area (Å²) in [6.07, 6.45) is 4.52. The van der Waals surface area contributed by atoms with Gasteiger partial charge >= 0.3 is 0 Å². The average Bonchev–Trinajstić information content (AvgIpc) is 2.95. The Balaban J connectivity index is 1.63. The van der Waals surface area contributed by atoms with Crippen LogP contribution in [0.4, 0.5) is 0 Å². The zero-order valence-electron chi connectivity index (χ0n) is 11.3. The molecule has 0 unspecified atom stereocenters. The second kappa shape index (κ2) is 5.90. The molecule has 3 rings (SSSR count). The van der Waals surface area contributed by atoms with Gasteiger partial charge in [-0.25, -0.2) is 0 Å². The fourth-order valence-electron chi connectivity index (χ4n) is 2.38. The van der Waals surface area contributed by atoms with Crippen LogP contribution in [0.3, 0.4) is 0 Å². The van der Waals surface area contributed by atoms with Crippen molar-refractivity contribution < 1.29 is 4.42 Å². The van der Waals surface area contributed by atoms with Crippen molar-refractivity contribution in [2.24, 2.45) is 0 Å². The van der Waals surface area contributed by atoms with E-state index in [9.17, 15) is 0 Å². The Morgan fingerprint density at radius 3 is 2.95 bits per heavy atom. The van der Waals surface area contributed by atoms with Crippen molar-refractivity contribution in [3.05, 3.63) is 46.0 Å². The van der Waals surface area contributed by atoms with E-state index in [-0.39, 0.29) is 0 Å². The van der Waals surface area contributed by atoms with Crippen molar-refractivity contribution in [2.45, 2.75) is 38.5 Å². The predicted molar refractivity (Wildman–Crippen MR) is 78.1 cm³/mol. The molecule has 1 aliphatic carbocycles. The van der Waals surface area contributed by atoms with Gasteiger partial charge in [0.05, 0.1) is 12.8 Å². The summed E-state index contributed by atoms with van der Waals surface area (Å²) in [6, 6.07) is 5.13. The van der Waals surface area contributed by atoms with Gasteiger partial charge in [0.2, 0.25) is 0 Å². The Kier molecular flexibility index (Phi) is 4.01. The van der Waals surface area contributed by atoms with Crippen molar-refractivity contribution >= 4 is 11.3 Å². The molecule has 0 aromatic carbocycles. The van der Waals surface area contributed by atoms with Crippen molar-refractivity contribution in [3.63, 3.8) is 0 Å². The maximum absolute atomic E-state index is 5.67. The summed E-state index contributed by atoms with van der Waals surface area (Å²) < 4.78 is 5.67. The lowest BCUT2D eigenvalue weighted by Gasteiger charge is -2.20. The third-order valence-electron chi connectivity index (χ3n) is 3.48. The third kappa shape index (κ3) is 3.47. The number of furan rings is 1. The standard InChI is InChI=1S/C15H20N2OS/c1-16-7-13-6-15(18-10-13)9-17(14-2-3-14)8-12-4-5-19-11-12/h4-6,10-11,14,16H,2-3,7-9H2,1H3. The highest BCUT2D eigenvalue weighted by Crippen LogP contribution is 2.30. The van der Waals surface area contributed by atoms with Crippen molar-refractivity contribution in [1.82, 2.24) is 10.2 Å². The molecule has 2 aromatic heterocycles. The highest BCUT2D eigenvalue weighted by Gasteiger charge is 2.29. The molecule has 0 spiro atoms. The molecule has 0 bridgehead atoms. The van der Waals surface area contributed by atoms with E-state index < -0.39 is 0 Å². The zero-order valence-corrected chi connectivity index (χ0v) is 12.1. The minimum Gasteiger partial charge on any atom is -0.468 e. The number of nitrogens with one attached hydrogen (secondary N) is 1. The number of hydrogen-bond donors (Lipinski definition) is 1. The maximum atomic E-state index is 5.67. The van der Waals surface area contributed by atoms with Crippen LogP contribution in [0.5, 0.6) is 0 Å². The third-order valence-corrected chi connectivity index (χ3v) is 4.21. The molecule has 3 nitrogen and oxygen atoms in total. The molecule has 0 amide bonds. The first-order valence-corrected chi connectivity index (χ1v) is 7.75. The fraction of sp³-hybridized carbons (Fsp3) is 0.467. The Bertz CT molecular complexity index is 502. The Morgan fingerprint density at radius 1 is 1.37 bits per heavy atom. The summed E-state index contributed by atoms with van der Waals surface area (Å²) in [7, 11) is 1.96. The van der Waals surface area contributed by atoms with Gasteiger partial charge in [-0.15, -0.1) is 0 Å².